The van der Waals surface area contributed by atoms with Crippen LogP contribution in [0.1, 0.15) is 11.1 Å². The molecule has 108 valence electrons. The molecule has 2 rings (SSSR count). The molecule has 0 saturated carbocycles. The predicted molar refractivity (Wildman–Crippen MR) is 73.8 cm³/mol. The van der Waals surface area contributed by atoms with Crippen molar-refractivity contribution >= 4 is 22.6 Å². The van der Waals surface area contributed by atoms with E-state index < -0.39 is 23.0 Å². The Bertz CT molecular complexity index is 781. The van der Waals surface area contributed by atoms with Gasteiger partial charge in [-0.1, -0.05) is 0 Å². The van der Waals surface area contributed by atoms with E-state index >= 15 is 0 Å². The average Bonchev–Trinajstić information content (AvgIpc) is 2.43. The Hall–Kier alpha value is -2.09. The summed E-state index contributed by atoms with van der Waals surface area (Å²) in [5.74, 6) is -0.771. The van der Waals surface area contributed by atoms with Crippen LogP contribution in [0.2, 0.25) is 0 Å². The second-order valence-electron chi connectivity index (χ2n) is 3.77. The number of nitrogens with zero attached hydrogens (tertiary/aromatic N) is 2. The standard InChI is InChI=1S/C12H5F3IN3O2/c13-12(14,15)7-3-6(4-17)1-2-8(7)21-11-9(16)10(20)18-5-19-11/h1-3,5H,(H,18,19,20). The largest absolute Gasteiger partial charge is 0.437 e. The summed E-state index contributed by atoms with van der Waals surface area (Å²) in [6.07, 6.45) is -3.68. The molecule has 0 amide bonds. The highest BCUT2D eigenvalue weighted by Gasteiger charge is 2.35. The molecule has 0 fully saturated rings. The minimum Gasteiger partial charge on any atom is -0.437 e. The van der Waals surface area contributed by atoms with Crippen LogP contribution in [0.3, 0.4) is 0 Å². The lowest BCUT2D eigenvalue weighted by Gasteiger charge is -2.13. The first kappa shape index (κ1) is 15.3. The number of nitriles is 1. The number of aromatic nitrogens is 2. The van der Waals surface area contributed by atoms with E-state index in [0.29, 0.717) is 6.07 Å². The number of alkyl halides is 3. The summed E-state index contributed by atoms with van der Waals surface area (Å²) in [6, 6.07) is 4.50. The quantitative estimate of drug-likeness (QED) is 0.777. The molecular formula is C12H5F3IN3O2. The summed E-state index contributed by atoms with van der Waals surface area (Å²) in [5.41, 5.74) is -1.79. The SMILES string of the molecule is N#Cc1ccc(Oc2nc[nH]c(=O)c2I)c(C(F)(F)F)c1. The number of hydrogen-bond acceptors (Lipinski definition) is 4. The maximum Gasteiger partial charge on any atom is 0.420 e. The summed E-state index contributed by atoms with van der Waals surface area (Å²) < 4.78 is 44.0. The van der Waals surface area contributed by atoms with Crippen LogP contribution in [0.15, 0.2) is 29.3 Å². The Kier molecular flexibility index (Phi) is 4.17. The van der Waals surface area contributed by atoms with E-state index in [9.17, 15) is 18.0 Å². The fraction of sp³-hybridized carbons (Fsp3) is 0.0833. The van der Waals surface area contributed by atoms with Crippen molar-refractivity contribution in [1.29, 1.82) is 5.26 Å². The van der Waals surface area contributed by atoms with Gasteiger partial charge in [-0.3, -0.25) is 4.79 Å². The zero-order chi connectivity index (χ0) is 15.6. The van der Waals surface area contributed by atoms with Crippen molar-refractivity contribution < 1.29 is 17.9 Å². The average molecular weight is 407 g/mol. The summed E-state index contributed by atoms with van der Waals surface area (Å²) in [7, 11) is 0. The Labute approximate surface area is 129 Å². The molecular weight excluding hydrogens is 402 g/mol. The third-order valence-corrected chi connectivity index (χ3v) is 3.34. The number of nitrogens with one attached hydrogen (secondary N) is 1. The molecule has 0 saturated heterocycles. The summed E-state index contributed by atoms with van der Waals surface area (Å²) in [4.78, 5) is 17.3. The third-order valence-electron chi connectivity index (χ3n) is 2.39. The molecule has 0 bridgehead atoms. The van der Waals surface area contributed by atoms with Gasteiger partial charge in [-0.05, 0) is 40.8 Å². The molecule has 21 heavy (non-hydrogen) atoms. The lowest BCUT2D eigenvalue weighted by atomic mass is 10.1. The van der Waals surface area contributed by atoms with E-state index in [4.69, 9.17) is 10.00 Å². The lowest BCUT2D eigenvalue weighted by Crippen LogP contribution is -2.13. The zero-order valence-corrected chi connectivity index (χ0v) is 12.2. The fourth-order valence-corrected chi connectivity index (χ4v) is 1.86. The van der Waals surface area contributed by atoms with Gasteiger partial charge in [0.05, 0.1) is 23.5 Å². The highest BCUT2D eigenvalue weighted by atomic mass is 127. The second-order valence-corrected chi connectivity index (χ2v) is 4.85. The molecule has 0 aliphatic rings. The van der Waals surface area contributed by atoms with Crippen molar-refractivity contribution in [3.05, 3.63) is 49.6 Å². The van der Waals surface area contributed by atoms with Crippen LogP contribution >= 0.6 is 22.6 Å². The number of H-pyrrole nitrogens is 1. The molecule has 1 heterocycles. The monoisotopic (exact) mass is 407 g/mol. The van der Waals surface area contributed by atoms with Crippen LogP contribution in [-0.4, -0.2) is 9.97 Å². The van der Waals surface area contributed by atoms with Gasteiger partial charge in [-0.15, -0.1) is 0 Å². The molecule has 0 atom stereocenters. The van der Waals surface area contributed by atoms with E-state index in [2.05, 4.69) is 9.97 Å². The number of rotatable bonds is 2. The van der Waals surface area contributed by atoms with Crippen molar-refractivity contribution in [2.75, 3.05) is 0 Å². The lowest BCUT2D eigenvalue weighted by molar-refractivity contribution is -0.138. The van der Waals surface area contributed by atoms with Crippen LogP contribution in [0.4, 0.5) is 13.2 Å². The maximum atomic E-state index is 13.0. The first-order chi connectivity index (χ1) is 9.82. The Morgan fingerprint density at radius 1 is 1.38 bits per heavy atom. The van der Waals surface area contributed by atoms with Crippen LogP contribution in [0, 0.1) is 14.9 Å². The Morgan fingerprint density at radius 2 is 2.10 bits per heavy atom. The molecule has 0 aliphatic heterocycles. The smallest absolute Gasteiger partial charge is 0.420 e. The van der Waals surface area contributed by atoms with Gasteiger partial charge in [0, 0.05) is 0 Å². The topological polar surface area (TPSA) is 78.8 Å². The van der Waals surface area contributed by atoms with Gasteiger partial charge in [0.1, 0.15) is 9.32 Å². The molecule has 0 unspecified atom stereocenters. The molecule has 0 radical (unpaired) electrons. The van der Waals surface area contributed by atoms with Gasteiger partial charge in [0.25, 0.3) is 5.56 Å². The fourth-order valence-electron chi connectivity index (χ4n) is 1.45. The third kappa shape index (κ3) is 3.33. The van der Waals surface area contributed by atoms with E-state index in [-0.39, 0.29) is 15.0 Å². The van der Waals surface area contributed by atoms with Crippen molar-refractivity contribution in [2.45, 2.75) is 6.18 Å². The molecule has 5 nitrogen and oxygen atoms in total. The Morgan fingerprint density at radius 3 is 2.71 bits per heavy atom. The van der Waals surface area contributed by atoms with E-state index in [1.807, 2.05) is 0 Å². The zero-order valence-electron chi connectivity index (χ0n) is 10.0. The second kappa shape index (κ2) is 5.72. The van der Waals surface area contributed by atoms with Gasteiger partial charge in [-0.25, -0.2) is 4.98 Å². The first-order valence-electron chi connectivity index (χ1n) is 5.35. The van der Waals surface area contributed by atoms with Gasteiger partial charge in [0.15, 0.2) is 0 Å². The highest BCUT2D eigenvalue weighted by Crippen LogP contribution is 2.38. The molecule has 0 spiro atoms. The number of halogens is 4. The van der Waals surface area contributed by atoms with Crippen molar-refractivity contribution in [3.8, 4) is 17.7 Å². The summed E-state index contributed by atoms with van der Waals surface area (Å²) in [5, 5.41) is 8.67. The van der Waals surface area contributed by atoms with Gasteiger partial charge in [-0.2, -0.15) is 18.4 Å². The minimum absolute atomic E-state index is 0.0209. The van der Waals surface area contributed by atoms with Crippen LogP contribution in [0.25, 0.3) is 0 Å². The first-order valence-corrected chi connectivity index (χ1v) is 6.43. The molecule has 9 heteroatoms. The van der Waals surface area contributed by atoms with Crippen LogP contribution in [-0.2, 0) is 6.18 Å². The van der Waals surface area contributed by atoms with Gasteiger partial charge < -0.3 is 9.72 Å². The molecule has 1 aromatic carbocycles. The van der Waals surface area contributed by atoms with Crippen molar-refractivity contribution in [1.82, 2.24) is 9.97 Å². The van der Waals surface area contributed by atoms with Crippen LogP contribution < -0.4 is 10.3 Å². The minimum atomic E-state index is -4.70. The van der Waals surface area contributed by atoms with Gasteiger partial charge >= 0.3 is 6.18 Å². The van der Waals surface area contributed by atoms with Crippen molar-refractivity contribution in [2.24, 2.45) is 0 Å². The molecule has 1 N–H and O–H groups in total. The molecule has 2 aromatic rings. The number of hydrogen-bond donors (Lipinski definition) is 1. The highest BCUT2D eigenvalue weighted by molar-refractivity contribution is 14.1. The summed E-state index contributed by atoms with van der Waals surface area (Å²) >= 11 is 1.61. The number of benzene rings is 1. The number of aromatic amines is 1. The van der Waals surface area contributed by atoms with E-state index in [1.165, 1.54) is 6.07 Å². The molecule has 0 aliphatic carbocycles. The normalized spacial score (nSPS) is 11.0. The van der Waals surface area contributed by atoms with Gasteiger partial charge in [0.2, 0.25) is 5.88 Å². The number of ether oxygens (including phenoxy) is 1. The maximum absolute atomic E-state index is 13.0. The van der Waals surface area contributed by atoms with E-state index in [0.717, 1.165) is 12.4 Å². The van der Waals surface area contributed by atoms with E-state index in [1.54, 1.807) is 28.7 Å². The van der Waals surface area contributed by atoms with Crippen LogP contribution in [0.5, 0.6) is 11.6 Å². The molecule has 1 aromatic heterocycles. The summed E-state index contributed by atoms with van der Waals surface area (Å²) in [6.45, 7) is 0. The van der Waals surface area contributed by atoms with Crippen molar-refractivity contribution in [3.63, 3.8) is 0 Å². The predicted octanol–water partition coefficient (Wildman–Crippen LogP) is 3.06. The Balaban J connectivity index is 2.52.